The Hall–Kier alpha value is -1.27. The molecule has 1 aliphatic carbocycles. The van der Waals surface area contributed by atoms with Crippen LogP contribution in [0.25, 0.3) is 5.32 Å². The number of nitrogens with zero attached hydrogens (tertiary/aromatic N) is 2. The van der Waals surface area contributed by atoms with E-state index in [0.29, 0.717) is 0 Å². The summed E-state index contributed by atoms with van der Waals surface area (Å²) >= 11 is 1.66. The molecule has 0 bridgehead atoms. The molecular weight excluding hydrogens is 745 g/mol. The minimum Gasteiger partial charge on any atom is -0.643 e. The first-order valence-electron chi connectivity index (χ1n) is 19.0. The van der Waals surface area contributed by atoms with Crippen LogP contribution in [0, 0.1) is 35.5 Å². The van der Waals surface area contributed by atoms with Crippen molar-refractivity contribution in [3.05, 3.63) is 58.7 Å². The van der Waals surface area contributed by atoms with Gasteiger partial charge in [-0.05, 0) is 74.9 Å². The van der Waals surface area contributed by atoms with E-state index in [4.69, 9.17) is 16.9 Å². The molecule has 44 heavy (non-hydrogen) atoms. The third-order valence-electron chi connectivity index (χ3n) is 9.23. The topological polar surface area (TPSA) is 73.0 Å². The molecule has 4 aliphatic heterocycles. The van der Waals surface area contributed by atoms with E-state index in [-0.39, 0.29) is 77.7 Å². The van der Waals surface area contributed by atoms with Gasteiger partial charge in [-0.1, -0.05) is 78.0 Å². The number of ketones is 1. The van der Waals surface area contributed by atoms with Gasteiger partial charge in [0.15, 0.2) is 12.0 Å². The molecule has 6 atom stereocenters. The fourth-order valence-corrected chi connectivity index (χ4v) is 8.39. The minimum absolute atomic E-state index is 0. The Morgan fingerprint density at radius 3 is 2.59 bits per heavy atom. The summed E-state index contributed by atoms with van der Waals surface area (Å²) in [5.41, 5.74) is 2.06. The predicted octanol–water partition coefficient (Wildman–Crippen LogP) is 10.1. The number of dihydropyridines is 1. The van der Waals surface area contributed by atoms with Gasteiger partial charge in [0, 0.05) is 61.8 Å². The first kappa shape index (κ1) is 30.1. The summed E-state index contributed by atoms with van der Waals surface area (Å²) in [6.45, 7) is 11.8. The number of thioether (sulfide) groups is 1. The van der Waals surface area contributed by atoms with E-state index >= 15 is 0 Å². The number of allylic oxidation sites excluding steroid dienone is 4. The molecule has 1 radical (unpaired) electrons. The first-order valence-corrected chi connectivity index (χ1v) is 17.4. The second kappa shape index (κ2) is 16.5. The van der Waals surface area contributed by atoms with Gasteiger partial charge < -0.3 is 15.2 Å². The third-order valence-corrected chi connectivity index (χ3v) is 10.5. The summed E-state index contributed by atoms with van der Waals surface area (Å²) in [6, 6.07) is -0.00139. The van der Waals surface area contributed by atoms with Crippen molar-refractivity contribution in [3.63, 3.8) is 0 Å². The number of aliphatic imine (C=N–C) groups is 1. The zero-order chi connectivity index (χ0) is 35.6. The van der Waals surface area contributed by atoms with E-state index in [1.807, 2.05) is 54.5 Å². The summed E-state index contributed by atoms with van der Waals surface area (Å²) in [5, 5.41) is 14.8. The normalized spacial score (nSPS) is 31.7. The number of fused-ring (bicyclic) bond motifs is 4. The average Bonchev–Trinajstić information content (AvgIpc) is 3.63. The molecular formula is C37H56IrN2O3S-2. The maximum Gasteiger partial charge on any atom is 0.175 e. The smallest absolute Gasteiger partial charge is 0.175 e. The van der Waals surface area contributed by atoms with Crippen LogP contribution in [0.4, 0.5) is 0 Å². The van der Waals surface area contributed by atoms with Gasteiger partial charge in [0.1, 0.15) is 0 Å². The molecule has 4 heterocycles. The van der Waals surface area contributed by atoms with Crippen molar-refractivity contribution in [2.45, 2.75) is 136 Å². The number of rotatable bonds is 9. The van der Waals surface area contributed by atoms with Crippen LogP contribution in [-0.2, 0) is 29.6 Å². The van der Waals surface area contributed by atoms with Crippen molar-refractivity contribution in [1.82, 2.24) is 0 Å². The fraction of sp³-hybridized carbons (Fsp3) is 0.703. The summed E-state index contributed by atoms with van der Waals surface area (Å²) in [5.74, 6) is 1.78. The van der Waals surface area contributed by atoms with Crippen molar-refractivity contribution in [1.29, 1.82) is 0 Å². The number of ether oxygens (including phenoxy) is 1. The second-order valence-corrected chi connectivity index (χ2v) is 14.7. The van der Waals surface area contributed by atoms with Crippen molar-refractivity contribution in [3.8, 4) is 0 Å². The van der Waals surface area contributed by atoms with Crippen LogP contribution in [0.15, 0.2) is 52.0 Å². The Morgan fingerprint density at radius 1 is 1.25 bits per heavy atom. The summed E-state index contributed by atoms with van der Waals surface area (Å²) in [6.07, 6.45) is 14.8. The van der Waals surface area contributed by atoms with Gasteiger partial charge >= 0.3 is 0 Å². The van der Waals surface area contributed by atoms with Crippen LogP contribution >= 0.6 is 11.8 Å². The Morgan fingerprint density at radius 2 is 1.95 bits per heavy atom. The van der Waals surface area contributed by atoms with E-state index in [1.54, 1.807) is 17.8 Å². The van der Waals surface area contributed by atoms with E-state index in [1.165, 1.54) is 11.6 Å². The molecule has 0 aromatic rings. The van der Waals surface area contributed by atoms with Crippen molar-refractivity contribution in [2.24, 2.45) is 34.1 Å². The molecule has 1 N–H and O–H groups in total. The molecule has 5 nitrogen and oxygen atoms in total. The average molecular weight is 806 g/mol. The van der Waals surface area contributed by atoms with Gasteiger partial charge in [-0.3, -0.25) is 4.79 Å². The standard InChI is InChI=1S/C24H32N2OS.C13H24O2.Ir/c1-14-8-10-18-17-6-5-7-19(21(17)27-22(18)25-14)20-11-9-15-12-16(13-24(2,3)4)28-23(15)26-20;1-5-10(6-2)12(14)9-13(15)11(7-3)8-4;/h7-10,16-18,20,22-23H,5-6,11-13H2,1-4H3;9-11,14H,5-8H2,1-4H3;/q-2;;/b;12-9-;/t16-,17-,18?,20+,22?,23?;;/m0../s1/i1D3,13D2;;. The van der Waals surface area contributed by atoms with Gasteiger partial charge in [-0.2, -0.15) is 17.3 Å². The van der Waals surface area contributed by atoms with Gasteiger partial charge in [0.2, 0.25) is 0 Å². The largest absolute Gasteiger partial charge is 0.643 e. The Labute approximate surface area is 292 Å². The van der Waals surface area contributed by atoms with Crippen LogP contribution in [-0.4, -0.2) is 39.5 Å². The number of carbonyl (C=O) groups excluding carboxylic acids is 1. The van der Waals surface area contributed by atoms with Crippen LogP contribution < -0.4 is 0 Å². The van der Waals surface area contributed by atoms with Gasteiger partial charge in [-0.25, -0.2) is 11.4 Å². The maximum absolute atomic E-state index is 11.7. The molecule has 3 unspecified atom stereocenters. The Bertz CT molecular complexity index is 1330. The van der Waals surface area contributed by atoms with Crippen molar-refractivity contribution < 1.29 is 41.6 Å². The van der Waals surface area contributed by atoms with Crippen LogP contribution in [0.1, 0.15) is 120 Å². The minimum atomic E-state index is -2.23. The molecule has 5 aliphatic rings. The summed E-state index contributed by atoms with van der Waals surface area (Å²) in [7, 11) is 0. The van der Waals surface area contributed by atoms with Gasteiger partial charge in [0.25, 0.3) is 0 Å². The van der Waals surface area contributed by atoms with E-state index < -0.39 is 24.9 Å². The zero-order valence-electron chi connectivity index (χ0n) is 32.6. The number of carbonyl (C=O) groups is 1. The summed E-state index contributed by atoms with van der Waals surface area (Å²) < 4.78 is 46.7. The van der Waals surface area contributed by atoms with Crippen LogP contribution in [0.5, 0.6) is 0 Å². The molecule has 0 aromatic heterocycles. The molecule has 0 spiro atoms. The molecule has 7 heteroatoms. The molecule has 5 rings (SSSR count). The van der Waals surface area contributed by atoms with E-state index in [0.717, 1.165) is 62.7 Å². The molecule has 249 valence electrons. The summed E-state index contributed by atoms with van der Waals surface area (Å²) in [4.78, 5) is 16.2. The Kier molecular flexibility index (Phi) is 11.3. The number of aliphatic hydroxyl groups excluding tert-OH is 1. The van der Waals surface area contributed by atoms with E-state index in [2.05, 4.69) is 17.5 Å². The second-order valence-electron chi connectivity index (χ2n) is 13.4. The fourth-order valence-electron chi connectivity index (χ4n) is 6.78. The third kappa shape index (κ3) is 9.17. The molecule has 2 fully saturated rings. The SMILES string of the molecule is CCC(CC)C(=O)/C=C(\O)C(CC)CC.[2H]C([2H])([2H])C1=NC2OC3=C([C@H]4CC=C5C[C@@H](C([2H])([2H])C(C)(C)C)SC5[N-]4)[CH-]CC[C@H]3C2C=C1.[Ir]. The predicted molar refractivity (Wildman–Crippen MR) is 182 cm³/mol. The van der Waals surface area contributed by atoms with E-state index in [9.17, 15) is 9.90 Å². The number of hydrogen-bond acceptors (Lipinski definition) is 5. The monoisotopic (exact) mass is 806 g/mol. The van der Waals surface area contributed by atoms with Gasteiger partial charge in [-0.15, -0.1) is 12.5 Å². The zero-order valence-corrected chi connectivity index (χ0v) is 30.8. The first-order chi connectivity index (χ1) is 22.5. The number of hydrogen-bond donors (Lipinski definition) is 1. The van der Waals surface area contributed by atoms with Crippen molar-refractivity contribution in [2.75, 3.05) is 0 Å². The van der Waals surface area contributed by atoms with Crippen molar-refractivity contribution >= 4 is 23.3 Å². The number of aliphatic hydroxyl groups is 1. The van der Waals surface area contributed by atoms with Crippen LogP contribution in [0.2, 0.25) is 0 Å². The van der Waals surface area contributed by atoms with Gasteiger partial charge in [0.05, 0.1) is 5.76 Å². The molecule has 0 aromatic carbocycles. The van der Waals surface area contributed by atoms with Crippen LogP contribution in [0.3, 0.4) is 0 Å². The molecule has 0 saturated carbocycles. The molecule has 2 saturated heterocycles. The maximum atomic E-state index is 11.7. The quantitative estimate of drug-likeness (QED) is 0.109. The Balaban J connectivity index is 0.000000347. The molecule has 0 amide bonds.